The molecule has 0 atom stereocenters. The topological polar surface area (TPSA) is 84.0 Å². The summed E-state index contributed by atoms with van der Waals surface area (Å²) in [5.74, 6) is -1.71. The number of rotatable bonds is 5. The van der Waals surface area contributed by atoms with Crippen LogP contribution >= 0.6 is 0 Å². The van der Waals surface area contributed by atoms with Crippen LogP contribution in [-0.2, 0) is 9.53 Å². The molecule has 0 aromatic heterocycles. The fourth-order valence-corrected chi connectivity index (χ4v) is 2.67. The Hall–Kier alpha value is -3.48. The number of benzene rings is 2. The van der Waals surface area contributed by atoms with Crippen molar-refractivity contribution in [1.29, 1.82) is 0 Å². The van der Waals surface area contributed by atoms with Crippen molar-refractivity contribution in [2.24, 2.45) is 0 Å². The first-order chi connectivity index (χ1) is 13.0. The molecule has 1 heterocycles. The molecule has 138 valence electrons. The van der Waals surface area contributed by atoms with E-state index in [-0.39, 0.29) is 12.1 Å². The van der Waals surface area contributed by atoms with E-state index >= 15 is 0 Å². The monoisotopic (exact) mass is 366 g/mol. The number of ether oxygens (including phenoxy) is 1. The standard InChI is InChI=1S/C20H18N2O5/c1-2-12-27-19(25)15-8-10-16(11-9-15)21-13-17(23)22(20(21)26)18(24)14-6-4-3-5-7-14/h3-11H,2,12-13H2,1H3. The van der Waals surface area contributed by atoms with Crippen molar-refractivity contribution in [1.82, 2.24) is 4.90 Å². The molecule has 1 aliphatic heterocycles. The summed E-state index contributed by atoms with van der Waals surface area (Å²) in [6, 6.07) is 13.6. The van der Waals surface area contributed by atoms with Crippen molar-refractivity contribution in [2.75, 3.05) is 18.1 Å². The van der Waals surface area contributed by atoms with Crippen molar-refractivity contribution in [2.45, 2.75) is 13.3 Å². The van der Waals surface area contributed by atoms with Crippen molar-refractivity contribution in [3.63, 3.8) is 0 Å². The molecule has 1 fully saturated rings. The molecule has 4 amide bonds. The number of anilines is 1. The second-order valence-electron chi connectivity index (χ2n) is 5.95. The minimum absolute atomic E-state index is 0.239. The lowest BCUT2D eigenvalue weighted by atomic mass is 10.2. The number of imide groups is 3. The molecule has 0 bridgehead atoms. The third-order valence-corrected chi connectivity index (χ3v) is 4.04. The predicted octanol–water partition coefficient (Wildman–Crippen LogP) is 2.86. The van der Waals surface area contributed by atoms with E-state index in [0.717, 1.165) is 6.42 Å². The van der Waals surface area contributed by atoms with Crippen molar-refractivity contribution in [3.8, 4) is 0 Å². The number of hydrogen-bond donors (Lipinski definition) is 0. The average Bonchev–Trinajstić information content (AvgIpc) is 3.00. The van der Waals surface area contributed by atoms with Crippen LogP contribution in [0, 0.1) is 0 Å². The Morgan fingerprint density at radius 3 is 2.26 bits per heavy atom. The lowest BCUT2D eigenvalue weighted by Gasteiger charge is -2.16. The summed E-state index contributed by atoms with van der Waals surface area (Å²) < 4.78 is 5.05. The molecule has 0 radical (unpaired) electrons. The van der Waals surface area contributed by atoms with Crippen LogP contribution in [-0.4, -0.2) is 41.9 Å². The highest BCUT2D eigenvalue weighted by Gasteiger charge is 2.41. The van der Waals surface area contributed by atoms with Gasteiger partial charge in [-0.2, -0.15) is 4.90 Å². The SMILES string of the molecule is CCCOC(=O)c1ccc(N2CC(=O)N(C(=O)c3ccccc3)C2=O)cc1. The quantitative estimate of drug-likeness (QED) is 0.462. The molecule has 2 aromatic carbocycles. The summed E-state index contributed by atoms with van der Waals surface area (Å²) in [4.78, 5) is 51.0. The molecular formula is C20H18N2O5. The lowest BCUT2D eigenvalue weighted by molar-refractivity contribution is -0.123. The van der Waals surface area contributed by atoms with Crippen LogP contribution in [0.4, 0.5) is 10.5 Å². The Morgan fingerprint density at radius 2 is 1.63 bits per heavy atom. The zero-order valence-corrected chi connectivity index (χ0v) is 14.8. The van der Waals surface area contributed by atoms with Gasteiger partial charge in [-0.25, -0.2) is 9.59 Å². The normalized spacial score (nSPS) is 13.8. The van der Waals surface area contributed by atoms with E-state index in [9.17, 15) is 19.2 Å². The summed E-state index contributed by atoms with van der Waals surface area (Å²) in [6.07, 6.45) is 0.722. The third kappa shape index (κ3) is 3.72. The van der Waals surface area contributed by atoms with Gasteiger partial charge in [0.25, 0.3) is 11.8 Å². The maximum absolute atomic E-state index is 12.6. The number of esters is 1. The zero-order chi connectivity index (χ0) is 19.4. The average molecular weight is 366 g/mol. The summed E-state index contributed by atoms with van der Waals surface area (Å²) in [5, 5.41) is 0. The van der Waals surface area contributed by atoms with Gasteiger partial charge in [-0.1, -0.05) is 25.1 Å². The fourth-order valence-electron chi connectivity index (χ4n) is 2.67. The van der Waals surface area contributed by atoms with Crippen LogP contribution in [0.1, 0.15) is 34.1 Å². The molecule has 0 aliphatic carbocycles. The van der Waals surface area contributed by atoms with E-state index in [1.165, 1.54) is 17.0 Å². The first kappa shape index (κ1) is 18.3. The van der Waals surface area contributed by atoms with Gasteiger partial charge in [-0.3, -0.25) is 14.5 Å². The van der Waals surface area contributed by atoms with E-state index in [1.54, 1.807) is 42.5 Å². The van der Waals surface area contributed by atoms with Gasteiger partial charge in [0, 0.05) is 11.3 Å². The number of carbonyl (C=O) groups is 4. The minimum atomic E-state index is -0.713. The highest BCUT2D eigenvalue weighted by Crippen LogP contribution is 2.23. The number of amides is 4. The van der Waals surface area contributed by atoms with Crippen LogP contribution in [0.25, 0.3) is 0 Å². The van der Waals surface area contributed by atoms with E-state index in [0.29, 0.717) is 22.8 Å². The third-order valence-electron chi connectivity index (χ3n) is 4.04. The molecule has 0 saturated carbocycles. The fraction of sp³-hybridized carbons (Fsp3) is 0.200. The highest BCUT2D eigenvalue weighted by molar-refractivity contribution is 6.24. The Bertz CT molecular complexity index is 877. The maximum Gasteiger partial charge on any atom is 0.338 e. The molecule has 0 unspecified atom stereocenters. The van der Waals surface area contributed by atoms with E-state index < -0.39 is 23.8 Å². The Kier molecular flexibility index (Phi) is 5.30. The van der Waals surface area contributed by atoms with Crippen LogP contribution in [0.2, 0.25) is 0 Å². The molecule has 7 nitrogen and oxygen atoms in total. The van der Waals surface area contributed by atoms with Crippen molar-refractivity contribution in [3.05, 3.63) is 65.7 Å². The molecular weight excluding hydrogens is 348 g/mol. The Morgan fingerprint density at radius 1 is 0.963 bits per heavy atom. The smallest absolute Gasteiger partial charge is 0.338 e. The van der Waals surface area contributed by atoms with Gasteiger partial charge in [-0.15, -0.1) is 0 Å². The molecule has 1 aliphatic rings. The van der Waals surface area contributed by atoms with Gasteiger partial charge in [0.15, 0.2) is 0 Å². The second-order valence-corrected chi connectivity index (χ2v) is 5.95. The summed E-state index contributed by atoms with van der Waals surface area (Å²) in [7, 11) is 0. The molecule has 2 aromatic rings. The van der Waals surface area contributed by atoms with E-state index in [4.69, 9.17) is 4.74 Å². The van der Waals surface area contributed by atoms with Crippen LogP contribution in [0.3, 0.4) is 0 Å². The summed E-state index contributed by atoms with van der Waals surface area (Å²) in [6.45, 7) is 1.99. The number of nitrogens with zero attached hydrogens (tertiary/aromatic N) is 2. The minimum Gasteiger partial charge on any atom is -0.462 e. The van der Waals surface area contributed by atoms with Gasteiger partial charge in [-0.05, 0) is 42.8 Å². The van der Waals surface area contributed by atoms with Crippen LogP contribution < -0.4 is 4.90 Å². The first-order valence-electron chi connectivity index (χ1n) is 8.54. The lowest BCUT2D eigenvalue weighted by Crippen LogP contribution is -2.38. The van der Waals surface area contributed by atoms with Crippen molar-refractivity contribution < 1.29 is 23.9 Å². The van der Waals surface area contributed by atoms with Crippen LogP contribution in [0.15, 0.2) is 54.6 Å². The van der Waals surface area contributed by atoms with Crippen molar-refractivity contribution >= 4 is 29.5 Å². The maximum atomic E-state index is 12.6. The summed E-state index contributed by atoms with van der Waals surface area (Å²) in [5.41, 5.74) is 1.03. The molecule has 7 heteroatoms. The Balaban J connectivity index is 1.77. The predicted molar refractivity (Wildman–Crippen MR) is 97.4 cm³/mol. The first-order valence-corrected chi connectivity index (χ1v) is 8.54. The number of carbonyl (C=O) groups excluding carboxylic acids is 4. The van der Waals surface area contributed by atoms with Gasteiger partial charge in [0.05, 0.1) is 12.2 Å². The van der Waals surface area contributed by atoms with Gasteiger partial charge in [0.1, 0.15) is 6.54 Å². The summed E-state index contributed by atoms with van der Waals surface area (Å²) >= 11 is 0. The van der Waals surface area contributed by atoms with Gasteiger partial charge < -0.3 is 4.74 Å². The molecule has 0 spiro atoms. The van der Waals surface area contributed by atoms with E-state index in [1.807, 2.05) is 6.92 Å². The molecule has 3 rings (SSSR count). The largest absolute Gasteiger partial charge is 0.462 e. The number of hydrogen-bond acceptors (Lipinski definition) is 5. The van der Waals surface area contributed by atoms with Crippen LogP contribution in [0.5, 0.6) is 0 Å². The van der Waals surface area contributed by atoms with Gasteiger partial charge >= 0.3 is 12.0 Å². The van der Waals surface area contributed by atoms with E-state index in [2.05, 4.69) is 0 Å². The Labute approximate surface area is 156 Å². The zero-order valence-electron chi connectivity index (χ0n) is 14.8. The number of urea groups is 1. The molecule has 0 N–H and O–H groups in total. The molecule has 27 heavy (non-hydrogen) atoms. The highest BCUT2D eigenvalue weighted by atomic mass is 16.5. The second kappa shape index (κ2) is 7.82. The van der Waals surface area contributed by atoms with Gasteiger partial charge in [0.2, 0.25) is 0 Å². The molecule has 1 saturated heterocycles.